The second-order valence-electron chi connectivity index (χ2n) is 7.30. The lowest BCUT2D eigenvalue weighted by Gasteiger charge is -2.28. The van der Waals surface area contributed by atoms with Crippen LogP contribution in [0, 0.1) is 0 Å². The molecule has 1 fully saturated rings. The van der Waals surface area contributed by atoms with E-state index in [1.165, 1.54) is 12.8 Å². The molecule has 1 aliphatic heterocycles. The predicted molar refractivity (Wildman–Crippen MR) is 101 cm³/mol. The summed E-state index contributed by atoms with van der Waals surface area (Å²) < 4.78 is 0. The van der Waals surface area contributed by atoms with Gasteiger partial charge in [0.25, 0.3) is 5.91 Å². The highest BCUT2D eigenvalue weighted by Gasteiger charge is 2.46. The molecular weight excluding hydrogens is 344 g/mol. The number of carbonyl (C=O) groups is 2. The minimum Gasteiger partial charge on any atom is -0.550 e. The number of amides is 1. The van der Waals surface area contributed by atoms with Gasteiger partial charge in [0.2, 0.25) is 5.60 Å². The van der Waals surface area contributed by atoms with Crippen molar-refractivity contribution in [2.24, 2.45) is 5.16 Å². The van der Waals surface area contributed by atoms with Gasteiger partial charge < -0.3 is 20.1 Å². The molecule has 27 heavy (non-hydrogen) atoms. The van der Waals surface area contributed by atoms with Crippen LogP contribution in [0.3, 0.4) is 0 Å². The van der Waals surface area contributed by atoms with Gasteiger partial charge in [-0.2, -0.15) is 0 Å². The quantitative estimate of drug-likeness (QED) is 0.778. The van der Waals surface area contributed by atoms with Gasteiger partial charge in [0.1, 0.15) is 0 Å². The van der Waals surface area contributed by atoms with Crippen molar-refractivity contribution in [2.75, 3.05) is 0 Å². The molecule has 1 aromatic carbocycles. The van der Waals surface area contributed by atoms with E-state index in [-0.39, 0.29) is 12.5 Å². The number of nitrogens with zero attached hydrogens (tertiary/aromatic N) is 1. The van der Waals surface area contributed by atoms with Crippen molar-refractivity contribution < 1.29 is 19.5 Å². The van der Waals surface area contributed by atoms with E-state index >= 15 is 0 Å². The van der Waals surface area contributed by atoms with E-state index in [2.05, 4.69) is 10.5 Å². The van der Waals surface area contributed by atoms with Gasteiger partial charge in [-0.15, -0.1) is 0 Å². The molecule has 6 nitrogen and oxygen atoms in total. The number of hydrogen-bond acceptors (Lipinski definition) is 5. The Kier molecular flexibility index (Phi) is 6.27. The van der Waals surface area contributed by atoms with Crippen molar-refractivity contribution in [2.45, 2.75) is 63.0 Å². The molecule has 144 valence electrons. The number of aliphatic carboxylic acids is 1. The van der Waals surface area contributed by atoms with Crippen LogP contribution in [-0.2, 0) is 14.4 Å². The van der Waals surface area contributed by atoms with Gasteiger partial charge in [-0.3, -0.25) is 4.79 Å². The van der Waals surface area contributed by atoms with Crippen LogP contribution in [0.5, 0.6) is 0 Å². The first-order chi connectivity index (χ1) is 13.1. The third kappa shape index (κ3) is 5.18. The molecule has 1 N–H and O–H groups in total. The standard InChI is InChI=1S/C21H26N2O4/c24-19(25)15-21(20(26)22-17-10-6-1-2-7-11-17)14-18(23-27-21)13-12-16-8-4-3-5-9-16/h3-5,8-9,12-13,17H,1-2,6-7,10-11,14-15H2,(H,22,26)(H,24,25)/p-1/b13-12+/t21-/m0/s1. The monoisotopic (exact) mass is 369 g/mol. The zero-order valence-corrected chi connectivity index (χ0v) is 15.4. The molecule has 1 aliphatic carbocycles. The van der Waals surface area contributed by atoms with E-state index in [0.29, 0.717) is 5.71 Å². The predicted octanol–water partition coefficient (Wildman–Crippen LogP) is 2.19. The van der Waals surface area contributed by atoms with Gasteiger partial charge in [-0.25, -0.2) is 0 Å². The van der Waals surface area contributed by atoms with E-state index in [1.54, 1.807) is 6.08 Å². The molecule has 1 aromatic rings. The van der Waals surface area contributed by atoms with Gasteiger partial charge in [0.05, 0.1) is 5.71 Å². The molecular formula is C21H25N2O4-. The minimum atomic E-state index is -1.53. The fourth-order valence-corrected chi connectivity index (χ4v) is 3.62. The highest BCUT2D eigenvalue weighted by atomic mass is 16.7. The molecule has 3 rings (SSSR count). The molecule has 0 bridgehead atoms. The van der Waals surface area contributed by atoms with Gasteiger partial charge in [-0.05, 0) is 24.5 Å². The number of oxime groups is 1. The van der Waals surface area contributed by atoms with Crippen molar-refractivity contribution in [3.8, 4) is 0 Å². The lowest BCUT2D eigenvalue weighted by molar-refractivity contribution is -0.309. The SMILES string of the molecule is O=C([O-])C[C@]1(C(=O)NC2CCCCCC2)CC(/C=C/c2ccccc2)=NO1. The van der Waals surface area contributed by atoms with Crippen LogP contribution in [0.2, 0.25) is 0 Å². The summed E-state index contributed by atoms with van der Waals surface area (Å²) in [7, 11) is 0. The van der Waals surface area contributed by atoms with Crippen LogP contribution in [0.25, 0.3) is 6.08 Å². The number of hydrogen-bond donors (Lipinski definition) is 1. The summed E-state index contributed by atoms with van der Waals surface area (Å²) in [5.74, 6) is -1.74. The molecule has 1 saturated carbocycles. The normalized spacial score (nSPS) is 23.5. The number of rotatable bonds is 6. The number of carboxylic acids is 1. The minimum absolute atomic E-state index is 0.0612. The maximum absolute atomic E-state index is 12.9. The van der Waals surface area contributed by atoms with Crippen molar-refractivity contribution in [3.05, 3.63) is 42.0 Å². The fraction of sp³-hybridized carbons (Fsp3) is 0.476. The number of allylic oxidation sites excluding steroid dienone is 1. The van der Waals surface area contributed by atoms with Crippen molar-refractivity contribution >= 4 is 23.7 Å². The third-order valence-electron chi connectivity index (χ3n) is 5.11. The van der Waals surface area contributed by atoms with Gasteiger partial charge in [0.15, 0.2) is 0 Å². The number of nitrogens with one attached hydrogen (secondary N) is 1. The van der Waals surface area contributed by atoms with Crippen LogP contribution < -0.4 is 10.4 Å². The smallest absolute Gasteiger partial charge is 0.268 e. The van der Waals surface area contributed by atoms with Gasteiger partial charge in [-0.1, -0.05) is 67.2 Å². The Morgan fingerprint density at radius 2 is 1.85 bits per heavy atom. The van der Waals surface area contributed by atoms with E-state index in [1.807, 2.05) is 36.4 Å². The molecule has 2 aliphatic rings. The Labute approximate surface area is 159 Å². The summed E-state index contributed by atoms with van der Waals surface area (Å²) in [4.78, 5) is 29.5. The van der Waals surface area contributed by atoms with Gasteiger partial charge >= 0.3 is 0 Å². The summed E-state index contributed by atoms with van der Waals surface area (Å²) in [6.07, 6.45) is 9.52. The van der Waals surface area contributed by atoms with Gasteiger partial charge in [0, 0.05) is 24.9 Å². The Morgan fingerprint density at radius 1 is 1.15 bits per heavy atom. The summed E-state index contributed by atoms with van der Waals surface area (Å²) in [6, 6.07) is 9.72. The Hall–Kier alpha value is -2.63. The largest absolute Gasteiger partial charge is 0.550 e. The molecule has 0 spiro atoms. The molecule has 0 saturated heterocycles. The summed E-state index contributed by atoms with van der Waals surface area (Å²) in [5.41, 5.74) is -0.00164. The topological polar surface area (TPSA) is 90.8 Å². The lowest BCUT2D eigenvalue weighted by atomic mass is 9.91. The number of carbonyl (C=O) groups excluding carboxylic acids is 2. The lowest BCUT2D eigenvalue weighted by Crippen LogP contribution is -2.52. The van der Waals surface area contributed by atoms with Crippen molar-refractivity contribution in [3.63, 3.8) is 0 Å². The third-order valence-corrected chi connectivity index (χ3v) is 5.11. The average Bonchev–Trinajstić information content (AvgIpc) is 2.89. The molecule has 1 heterocycles. The van der Waals surface area contributed by atoms with Crippen LogP contribution in [0.4, 0.5) is 0 Å². The summed E-state index contributed by atoms with van der Waals surface area (Å²) in [5, 5.41) is 18.2. The second kappa shape index (κ2) is 8.84. The Balaban J connectivity index is 1.67. The molecule has 0 unspecified atom stereocenters. The number of benzene rings is 1. The van der Waals surface area contributed by atoms with E-state index < -0.39 is 23.9 Å². The molecule has 6 heteroatoms. The maximum atomic E-state index is 12.9. The van der Waals surface area contributed by atoms with E-state index in [4.69, 9.17) is 4.84 Å². The van der Waals surface area contributed by atoms with Crippen molar-refractivity contribution in [1.29, 1.82) is 0 Å². The van der Waals surface area contributed by atoms with Crippen LogP contribution in [0.15, 0.2) is 41.6 Å². The zero-order chi connectivity index (χ0) is 19.1. The van der Waals surface area contributed by atoms with Crippen LogP contribution in [-0.4, -0.2) is 29.2 Å². The molecule has 1 amide bonds. The fourth-order valence-electron chi connectivity index (χ4n) is 3.62. The van der Waals surface area contributed by atoms with E-state index in [9.17, 15) is 14.7 Å². The molecule has 1 atom stereocenters. The Morgan fingerprint density at radius 3 is 2.52 bits per heavy atom. The summed E-state index contributed by atoms with van der Waals surface area (Å²) >= 11 is 0. The zero-order valence-electron chi connectivity index (χ0n) is 15.4. The van der Waals surface area contributed by atoms with Crippen LogP contribution >= 0.6 is 0 Å². The Bertz CT molecular complexity index is 721. The number of carboxylic acid groups (broad SMARTS) is 1. The van der Waals surface area contributed by atoms with E-state index in [0.717, 1.165) is 31.2 Å². The first-order valence-electron chi connectivity index (χ1n) is 9.56. The highest BCUT2D eigenvalue weighted by Crippen LogP contribution is 2.29. The average molecular weight is 369 g/mol. The highest BCUT2D eigenvalue weighted by molar-refractivity contribution is 6.04. The summed E-state index contributed by atoms with van der Waals surface area (Å²) in [6.45, 7) is 0. The van der Waals surface area contributed by atoms with Crippen molar-refractivity contribution in [1.82, 2.24) is 5.32 Å². The first-order valence-corrected chi connectivity index (χ1v) is 9.56. The second-order valence-corrected chi connectivity index (χ2v) is 7.30. The first kappa shape index (κ1) is 19.1. The van der Waals surface area contributed by atoms with Crippen LogP contribution in [0.1, 0.15) is 56.9 Å². The maximum Gasteiger partial charge on any atom is 0.268 e. The molecule has 0 aromatic heterocycles. The molecule has 0 radical (unpaired) electrons.